The van der Waals surface area contributed by atoms with E-state index in [0.717, 1.165) is 17.3 Å². The summed E-state index contributed by atoms with van der Waals surface area (Å²) in [5.41, 5.74) is 0.0687. The molecule has 0 aliphatic heterocycles. The second kappa shape index (κ2) is 4.13. The van der Waals surface area contributed by atoms with E-state index in [1.165, 1.54) is 7.05 Å². The zero-order chi connectivity index (χ0) is 11.5. The SMILES string of the molecule is CN(CC(F)(F)F)c1cnc(C#N)cn1. The van der Waals surface area contributed by atoms with E-state index in [1.54, 1.807) is 6.07 Å². The number of hydrogen-bond donors (Lipinski definition) is 0. The van der Waals surface area contributed by atoms with Gasteiger partial charge in [0.25, 0.3) is 0 Å². The van der Waals surface area contributed by atoms with Crippen LogP contribution >= 0.6 is 0 Å². The second-order valence-electron chi connectivity index (χ2n) is 2.84. The summed E-state index contributed by atoms with van der Waals surface area (Å²) >= 11 is 0. The number of alkyl halides is 3. The predicted molar refractivity (Wildman–Crippen MR) is 46.1 cm³/mol. The number of nitriles is 1. The van der Waals surface area contributed by atoms with Crippen molar-refractivity contribution in [2.75, 3.05) is 18.5 Å². The third-order valence-corrected chi connectivity index (χ3v) is 1.56. The third-order valence-electron chi connectivity index (χ3n) is 1.56. The van der Waals surface area contributed by atoms with Crippen LogP contribution in [0.25, 0.3) is 0 Å². The van der Waals surface area contributed by atoms with Gasteiger partial charge in [0.2, 0.25) is 0 Å². The topological polar surface area (TPSA) is 52.8 Å². The molecule has 0 aliphatic carbocycles. The van der Waals surface area contributed by atoms with Crippen LogP contribution in [-0.4, -0.2) is 29.7 Å². The van der Waals surface area contributed by atoms with Gasteiger partial charge in [-0.2, -0.15) is 18.4 Å². The van der Waals surface area contributed by atoms with Gasteiger partial charge in [-0.05, 0) is 0 Å². The molecule has 0 aliphatic rings. The van der Waals surface area contributed by atoms with Crippen LogP contribution in [0.4, 0.5) is 19.0 Å². The molecule has 1 aromatic rings. The summed E-state index contributed by atoms with van der Waals surface area (Å²) in [4.78, 5) is 8.20. The van der Waals surface area contributed by atoms with Gasteiger partial charge in [-0.25, -0.2) is 9.97 Å². The highest BCUT2D eigenvalue weighted by atomic mass is 19.4. The molecule has 0 spiro atoms. The summed E-state index contributed by atoms with van der Waals surface area (Å²) in [5, 5.41) is 8.41. The van der Waals surface area contributed by atoms with E-state index in [-0.39, 0.29) is 11.5 Å². The summed E-state index contributed by atoms with van der Waals surface area (Å²) in [7, 11) is 1.25. The van der Waals surface area contributed by atoms with Gasteiger partial charge in [0.15, 0.2) is 5.69 Å². The molecule has 0 saturated carbocycles. The predicted octanol–water partition coefficient (Wildman–Crippen LogP) is 1.35. The summed E-state index contributed by atoms with van der Waals surface area (Å²) in [6.45, 7) is -1.10. The molecule has 0 N–H and O–H groups in total. The number of anilines is 1. The van der Waals surface area contributed by atoms with Gasteiger partial charge < -0.3 is 4.90 Å². The lowest BCUT2D eigenvalue weighted by Crippen LogP contribution is -2.31. The summed E-state index contributed by atoms with van der Waals surface area (Å²) < 4.78 is 36.0. The van der Waals surface area contributed by atoms with Crippen molar-refractivity contribution in [2.24, 2.45) is 0 Å². The highest BCUT2D eigenvalue weighted by Gasteiger charge is 2.29. The molecule has 0 aromatic carbocycles. The average Bonchev–Trinajstić information content (AvgIpc) is 2.15. The van der Waals surface area contributed by atoms with Gasteiger partial charge in [-0.3, -0.25) is 0 Å². The minimum Gasteiger partial charge on any atom is -0.349 e. The van der Waals surface area contributed by atoms with Crippen LogP contribution in [0.15, 0.2) is 12.4 Å². The van der Waals surface area contributed by atoms with Crippen LogP contribution in [0.1, 0.15) is 5.69 Å². The molecule has 0 amide bonds. The first-order valence-corrected chi connectivity index (χ1v) is 3.92. The van der Waals surface area contributed by atoms with E-state index >= 15 is 0 Å². The lowest BCUT2D eigenvalue weighted by Gasteiger charge is -2.18. The summed E-state index contributed by atoms with van der Waals surface area (Å²) in [6, 6.07) is 1.73. The van der Waals surface area contributed by atoms with Gasteiger partial charge >= 0.3 is 6.18 Å². The van der Waals surface area contributed by atoms with Crippen molar-refractivity contribution in [2.45, 2.75) is 6.18 Å². The zero-order valence-corrected chi connectivity index (χ0v) is 7.78. The monoisotopic (exact) mass is 216 g/mol. The summed E-state index contributed by atoms with van der Waals surface area (Å²) in [6.07, 6.45) is -2.03. The third kappa shape index (κ3) is 3.42. The Balaban J connectivity index is 2.75. The molecule has 1 rings (SSSR count). The molecule has 0 unspecified atom stereocenters. The number of hydrogen-bond acceptors (Lipinski definition) is 4. The largest absolute Gasteiger partial charge is 0.405 e. The Kier molecular flexibility index (Phi) is 3.09. The maximum atomic E-state index is 12.0. The smallest absolute Gasteiger partial charge is 0.349 e. The Morgan fingerprint density at radius 1 is 1.40 bits per heavy atom. The van der Waals surface area contributed by atoms with Crippen LogP contribution in [0.2, 0.25) is 0 Å². The molecule has 1 aromatic heterocycles. The minimum atomic E-state index is -4.29. The van der Waals surface area contributed by atoms with E-state index in [4.69, 9.17) is 5.26 Å². The minimum absolute atomic E-state index is 0.0687. The fourth-order valence-corrected chi connectivity index (χ4v) is 0.926. The highest BCUT2D eigenvalue weighted by Crippen LogP contribution is 2.18. The van der Waals surface area contributed by atoms with E-state index in [0.29, 0.717) is 0 Å². The van der Waals surface area contributed by atoms with Gasteiger partial charge in [0.1, 0.15) is 18.4 Å². The quantitative estimate of drug-likeness (QED) is 0.748. The van der Waals surface area contributed by atoms with Crippen molar-refractivity contribution in [3.63, 3.8) is 0 Å². The van der Waals surface area contributed by atoms with Crippen molar-refractivity contribution in [3.05, 3.63) is 18.1 Å². The van der Waals surface area contributed by atoms with Gasteiger partial charge in [0, 0.05) is 7.05 Å². The molecule has 0 bridgehead atoms. The molecule has 0 radical (unpaired) electrons. The first-order valence-electron chi connectivity index (χ1n) is 3.92. The maximum Gasteiger partial charge on any atom is 0.405 e. The Morgan fingerprint density at radius 3 is 2.47 bits per heavy atom. The second-order valence-corrected chi connectivity index (χ2v) is 2.84. The molecule has 0 atom stereocenters. The highest BCUT2D eigenvalue weighted by molar-refractivity contribution is 5.36. The van der Waals surface area contributed by atoms with E-state index < -0.39 is 12.7 Å². The zero-order valence-electron chi connectivity index (χ0n) is 7.78. The van der Waals surface area contributed by atoms with Crippen molar-refractivity contribution < 1.29 is 13.2 Å². The molecular weight excluding hydrogens is 209 g/mol. The summed E-state index contributed by atoms with van der Waals surface area (Å²) in [5.74, 6) is 0.0753. The Bertz CT molecular complexity index is 365. The fraction of sp³-hybridized carbons (Fsp3) is 0.375. The Morgan fingerprint density at radius 2 is 2.07 bits per heavy atom. The maximum absolute atomic E-state index is 12.0. The molecule has 0 fully saturated rings. The van der Waals surface area contributed by atoms with Crippen LogP contribution in [0.5, 0.6) is 0 Å². The van der Waals surface area contributed by atoms with Gasteiger partial charge in [0.05, 0.1) is 12.4 Å². The van der Waals surface area contributed by atoms with Crippen molar-refractivity contribution in [1.82, 2.24) is 9.97 Å². The number of nitrogens with zero attached hydrogens (tertiary/aromatic N) is 4. The van der Waals surface area contributed by atoms with Crippen LogP contribution < -0.4 is 4.90 Å². The lowest BCUT2D eigenvalue weighted by molar-refractivity contribution is -0.119. The molecule has 7 heteroatoms. The Hall–Kier alpha value is -1.84. The molecule has 80 valence electrons. The fourth-order valence-electron chi connectivity index (χ4n) is 0.926. The molecule has 4 nitrogen and oxygen atoms in total. The number of aromatic nitrogens is 2. The van der Waals surface area contributed by atoms with E-state index in [9.17, 15) is 13.2 Å². The normalized spacial score (nSPS) is 10.9. The lowest BCUT2D eigenvalue weighted by atomic mass is 10.4. The van der Waals surface area contributed by atoms with Crippen LogP contribution in [0.3, 0.4) is 0 Å². The average molecular weight is 216 g/mol. The first kappa shape index (κ1) is 11.2. The van der Waals surface area contributed by atoms with Crippen LogP contribution in [-0.2, 0) is 0 Å². The van der Waals surface area contributed by atoms with Crippen molar-refractivity contribution >= 4 is 5.82 Å². The van der Waals surface area contributed by atoms with Crippen molar-refractivity contribution in [3.8, 4) is 6.07 Å². The van der Waals surface area contributed by atoms with E-state index in [2.05, 4.69) is 9.97 Å². The van der Waals surface area contributed by atoms with Crippen LogP contribution in [0, 0.1) is 11.3 Å². The molecule has 15 heavy (non-hydrogen) atoms. The van der Waals surface area contributed by atoms with Gasteiger partial charge in [-0.15, -0.1) is 0 Å². The number of halogens is 3. The van der Waals surface area contributed by atoms with E-state index in [1.807, 2.05) is 0 Å². The molecule has 0 saturated heterocycles. The van der Waals surface area contributed by atoms with Gasteiger partial charge in [-0.1, -0.05) is 0 Å². The molecule has 1 heterocycles. The molecular formula is C8H7F3N4. The standard InChI is InChI=1S/C8H7F3N4/c1-15(5-8(9,10)11)7-4-13-6(2-12)3-14-7/h3-4H,5H2,1H3. The van der Waals surface area contributed by atoms with Crippen molar-refractivity contribution in [1.29, 1.82) is 5.26 Å². The number of rotatable bonds is 2. The first-order chi connectivity index (χ1) is 6.92. The Labute approximate surface area is 84.0 Å².